The largest absolute Gasteiger partial charge is 0.369 e. The van der Waals surface area contributed by atoms with Crippen LogP contribution in [0.15, 0.2) is 16.6 Å². The molecule has 4 heteroatoms. The molecule has 0 aliphatic carbocycles. The minimum atomic E-state index is 0.108. The van der Waals surface area contributed by atoms with Crippen LogP contribution in [-0.2, 0) is 11.2 Å². The van der Waals surface area contributed by atoms with Gasteiger partial charge in [0, 0.05) is 16.6 Å². The van der Waals surface area contributed by atoms with Crippen LogP contribution in [0.2, 0.25) is 0 Å². The van der Waals surface area contributed by atoms with Gasteiger partial charge in [0.2, 0.25) is 0 Å². The van der Waals surface area contributed by atoms with Gasteiger partial charge in [0.05, 0.1) is 23.6 Å². The van der Waals surface area contributed by atoms with Gasteiger partial charge in [0.1, 0.15) is 5.65 Å². The topological polar surface area (TPSA) is 26.5 Å². The highest BCUT2D eigenvalue weighted by atomic mass is 79.9. The van der Waals surface area contributed by atoms with Crippen molar-refractivity contribution in [3.05, 3.63) is 33.7 Å². The summed E-state index contributed by atoms with van der Waals surface area (Å²) in [7, 11) is 0. The van der Waals surface area contributed by atoms with E-state index in [1.54, 1.807) is 0 Å². The van der Waals surface area contributed by atoms with Gasteiger partial charge in [-0.05, 0) is 48.8 Å². The molecule has 2 atom stereocenters. The van der Waals surface area contributed by atoms with Crippen molar-refractivity contribution < 1.29 is 4.74 Å². The van der Waals surface area contributed by atoms with E-state index in [9.17, 15) is 0 Å². The summed E-state index contributed by atoms with van der Waals surface area (Å²) in [6.07, 6.45) is 1.27. The maximum atomic E-state index is 5.90. The third-order valence-corrected chi connectivity index (χ3v) is 4.22. The fraction of sp³-hybridized carbons (Fsp3) is 0.462. The Balaban J connectivity index is 2.34. The zero-order chi connectivity index (χ0) is 12.2. The number of hydrogen-bond donors (Lipinski definition) is 0. The van der Waals surface area contributed by atoms with E-state index in [-0.39, 0.29) is 12.2 Å². The fourth-order valence-electron chi connectivity index (χ4n) is 2.64. The summed E-state index contributed by atoms with van der Waals surface area (Å²) in [6.45, 7) is 6.30. The average molecular weight is 295 g/mol. The van der Waals surface area contributed by atoms with Crippen molar-refractivity contribution >= 4 is 21.6 Å². The summed E-state index contributed by atoms with van der Waals surface area (Å²) in [6, 6.07) is 4.10. The number of ether oxygens (including phenoxy) is 1. The molecule has 0 fully saturated rings. The third-order valence-electron chi connectivity index (χ3n) is 3.38. The quantitative estimate of drug-likeness (QED) is 0.744. The Labute approximate surface area is 109 Å². The minimum absolute atomic E-state index is 0.108. The van der Waals surface area contributed by atoms with Crippen LogP contribution >= 0.6 is 15.9 Å². The van der Waals surface area contributed by atoms with Crippen LogP contribution in [0, 0.1) is 6.92 Å². The average Bonchev–Trinajstić information content (AvgIpc) is 2.62. The van der Waals surface area contributed by atoms with Crippen molar-refractivity contribution in [3.8, 4) is 0 Å². The van der Waals surface area contributed by atoms with Gasteiger partial charge in [-0.1, -0.05) is 0 Å². The molecule has 1 aliphatic rings. The minimum Gasteiger partial charge on any atom is -0.369 e. The lowest BCUT2D eigenvalue weighted by Gasteiger charge is -2.25. The summed E-state index contributed by atoms with van der Waals surface area (Å²) < 4.78 is 9.21. The van der Waals surface area contributed by atoms with Crippen LogP contribution in [-0.4, -0.2) is 15.5 Å². The monoisotopic (exact) mass is 294 g/mol. The molecule has 0 bridgehead atoms. The molecule has 0 saturated carbocycles. The van der Waals surface area contributed by atoms with Crippen LogP contribution in [0.4, 0.5) is 0 Å². The Morgan fingerprint density at radius 1 is 1.41 bits per heavy atom. The van der Waals surface area contributed by atoms with E-state index in [0.29, 0.717) is 0 Å². The van der Waals surface area contributed by atoms with E-state index in [0.717, 1.165) is 16.5 Å². The molecule has 0 spiro atoms. The van der Waals surface area contributed by atoms with Crippen molar-refractivity contribution in [1.29, 1.82) is 0 Å². The molecule has 3 heterocycles. The molecule has 90 valence electrons. The lowest BCUT2D eigenvalue weighted by molar-refractivity contribution is -0.00842. The summed E-state index contributed by atoms with van der Waals surface area (Å²) in [4.78, 5) is 4.72. The van der Waals surface area contributed by atoms with Gasteiger partial charge in [-0.15, -0.1) is 0 Å². The van der Waals surface area contributed by atoms with Crippen LogP contribution in [0.25, 0.3) is 5.65 Å². The highest BCUT2D eigenvalue weighted by Gasteiger charge is 2.27. The lowest BCUT2D eigenvalue weighted by Crippen LogP contribution is -2.23. The number of pyridine rings is 1. The number of fused-ring (bicyclic) bond motifs is 3. The lowest BCUT2D eigenvalue weighted by atomic mass is 10.1. The molecule has 0 aromatic carbocycles. The number of halogens is 1. The van der Waals surface area contributed by atoms with Crippen molar-refractivity contribution in [2.45, 2.75) is 39.4 Å². The molecule has 17 heavy (non-hydrogen) atoms. The first kappa shape index (κ1) is 11.2. The zero-order valence-electron chi connectivity index (χ0n) is 10.2. The predicted octanol–water partition coefficient (Wildman–Crippen LogP) is 3.43. The Morgan fingerprint density at radius 2 is 2.18 bits per heavy atom. The number of rotatable bonds is 0. The maximum absolute atomic E-state index is 5.90. The first-order valence-corrected chi connectivity index (χ1v) is 6.69. The molecule has 0 radical (unpaired) electrons. The van der Waals surface area contributed by atoms with E-state index < -0.39 is 0 Å². The van der Waals surface area contributed by atoms with Gasteiger partial charge < -0.3 is 4.74 Å². The summed E-state index contributed by atoms with van der Waals surface area (Å²) >= 11 is 3.57. The Hall–Kier alpha value is -0.870. The van der Waals surface area contributed by atoms with E-state index >= 15 is 0 Å². The van der Waals surface area contributed by atoms with E-state index in [4.69, 9.17) is 9.72 Å². The fourth-order valence-corrected chi connectivity index (χ4v) is 2.95. The SMILES string of the molecule is Cc1c(Br)ccc2nc3c(n12)C(C)OC(C)C3. The summed E-state index contributed by atoms with van der Waals surface area (Å²) in [5.41, 5.74) is 4.58. The van der Waals surface area contributed by atoms with Crippen molar-refractivity contribution in [1.82, 2.24) is 9.38 Å². The van der Waals surface area contributed by atoms with Crippen molar-refractivity contribution in [3.63, 3.8) is 0 Å². The van der Waals surface area contributed by atoms with Gasteiger partial charge in [-0.2, -0.15) is 0 Å². The van der Waals surface area contributed by atoms with Gasteiger partial charge >= 0.3 is 0 Å². The Bertz CT molecular complexity index is 591. The molecule has 2 aromatic heterocycles. The molecule has 2 unspecified atom stereocenters. The Kier molecular flexibility index (Phi) is 2.52. The molecule has 0 amide bonds. The predicted molar refractivity (Wildman–Crippen MR) is 70.3 cm³/mol. The van der Waals surface area contributed by atoms with E-state index in [1.165, 1.54) is 17.1 Å². The molecular weight excluding hydrogens is 280 g/mol. The van der Waals surface area contributed by atoms with Crippen molar-refractivity contribution in [2.75, 3.05) is 0 Å². The summed E-state index contributed by atoms with van der Waals surface area (Å²) in [5, 5.41) is 0. The Morgan fingerprint density at radius 3 is 2.94 bits per heavy atom. The normalized spacial score (nSPS) is 24.0. The van der Waals surface area contributed by atoms with Crippen LogP contribution in [0.1, 0.15) is 37.0 Å². The number of hydrogen-bond acceptors (Lipinski definition) is 2. The highest BCUT2D eigenvalue weighted by Crippen LogP contribution is 2.32. The maximum Gasteiger partial charge on any atom is 0.137 e. The first-order chi connectivity index (χ1) is 8.08. The van der Waals surface area contributed by atoms with Crippen molar-refractivity contribution in [2.24, 2.45) is 0 Å². The standard InChI is InChI=1S/C13H15BrN2O/c1-7-6-11-13(9(3)17-7)16-8(2)10(14)4-5-12(16)15-11/h4-5,7,9H,6H2,1-3H3. The molecule has 3 nitrogen and oxygen atoms in total. The molecule has 0 saturated heterocycles. The number of imidazole rings is 1. The number of aromatic nitrogens is 2. The number of aryl methyl sites for hydroxylation is 1. The number of nitrogens with zero attached hydrogens (tertiary/aromatic N) is 2. The van der Waals surface area contributed by atoms with Crippen LogP contribution < -0.4 is 0 Å². The van der Waals surface area contributed by atoms with Gasteiger partial charge in [-0.25, -0.2) is 4.98 Å². The second-order valence-electron chi connectivity index (χ2n) is 4.70. The molecule has 2 aromatic rings. The zero-order valence-corrected chi connectivity index (χ0v) is 11.8. The second-order valence-corrected chi connectivity index (χ2v) is 5.55. The molecule has 1 aliphatic heterocycles. The van der Waals surface area contributed by atoms with E-state index in [1.807, 2.05) is 6.07 Å². The third kappa shape index (κ3) is 1.62. The molecular formula is C13H15BrN2O. The second kappa shape index (κ2) is 3.82. The molecule has 3 rings (SSSR count). The van der Waals surface area contributed by atoms with E-state index in [2.05, 4.69) is 47.2 Å². The molecule has 0 N–H and O–H groups in total. The van der Waals surface area contributed by atoms with Gasteiger partial charge in [0.25, 0.3) is 0 Å². The van der Waals surface area contributed by atoms with Crippen LogP contribution in [0.3, 0.4) is 0 Å². The van der Waals surface area contributed by atoms with Gasteiger partial charge in [-0.3, -0.25) is 4.40 Å². The van der Waals surface area contributed by atoms with Gasteiger partial charge in [0.15, 0.2) is 0 Å². The highest BCUT2D eigenvalue weighted by molar-refractivity contribution is 9.10. The first-order valence-electron chi connectivity index (χ1n) is 5.89. The smallest absolute Gasteiger partial charge is 0.137 e. The van der Waals surface area contributed by atoms with Crippen LogP contribution in [0.5, 0.6) is 0 Å². The summed E-state index contributed by atoms with van der Waals surface area (Å²) in [5.74, 6) is 0.